The Labute approximate surface area is 113 Å². The minimum absolute atomic E-state index is 0.0844. The molecule has 4 N–H and O–H groups in total. The fraction of sp³-hybridized carbons (Fsp3) is 0.231. The maximum atomic E-state index is 13.3. The molecule has 20 heavy (non-hydrogen) atoms. The minimum atomic E-state index is -4.45. The summed E-state index contributed by atoms with van der Waals surface area (Å²) >= 11 is 0. The van der Waals surface area contributed by atoms with E-state index in [4.69, 9.17) is 11.5 Å². The summed E-state index contributed by atoms with van der Waals surface area (Å²) in [6.07, 6.45) is -2.61. The largest absolute Gasteiger partial charge is 0.417 e. The summed E-state index contributed by atoms with van der Waals surface area (Å²) in [6.45, 7) is 0. The number of alkyl halides is 3. The molecule has 0 heterocycles. The fourth-order valence-electron chi connectivity index (χ4n) is 2.18. The highest BCUT2D eigenvalue weighted by Gasteiger charge is 2.39. The molecular weight excluding hydrogens is 269 g/mol. The number of allylic oxidation sites excluding steroid dienone is 2. The number of fused-ring (bicyclic) bond motifs is 1. The van der Waals surface area contributed by atoms with Gasteiger partial charge < -0.3 is 11.5 Å². The van der Waals surface area contributed by atoms with Gasteiger partial charge in [-0.15, -0.1) is 5.10 Å². The number of halogens is 3. The third kappa shape index (κ3) is 2.98. The Bertz CT molecular complexity index is 596. The molecule has 1 aliphatic rings. The summed E-state index contributed by atoms with van der Waals surface area (Å²) < 4.78 is 39.8. The monoisotopic (exact) mass is 282 g/mol. The number of nitrogens with zero attached hydrogens (tertiary/aromatic N) is 2. The van der Waals surface area contributed by atoms with Gasteiger partial charge in [0, 0.05) is 0 Å². The van der Waals surface area contributed by atoms with Crippen LogP contribution in [-0.4, -0.2) is 18.4 Å². The molecule has 0 fully saturated rings. The Morgan fingerprint density at radius 3 is 2.50 bits per heavy atom. The highest BCUT2D eigenvalue weighted by atomic mass is 19.4. The lowest BCUT2D eigenvalue weighted by molar-refractivity contribution is -0.0695. The first kappa shape index (κ1) is 14.1. The van der Waals surface area contributed by atoms with Crippen LogP contribution in [0.15, 0.2) is 40.0 Å². The Morgan fingerprint density at radius 2 is 1.85 bits per heavy atom. The Hall–Kier alpha value is -2.31. The maximum Gasteiger partial charge on any atom is 0.417 e. The SMILES string of the molecule is NC(N)=N/N=C/C1=C(C(F)(F)F)c2ccccc2CC1. The van der Waals surface area contributed by atoms with Gasteiger partial charge in [0.2, 0.25) is 5.96 Å². The van der Waals surface area contributed by atoms with Crippen LogP contribution < -0.4 is 11.5 Å². The lowest BCUT2D eigenvalue weighted by atomic mass is 9.85. The van der Waals surface area contributed by atoms with Crippen LogP contribution in [-0.2, 0) is 6.42 Å². The predicted molar refractivity (Wildman–Crippen MR) is 72.0 cm³/mol. The lowest BCUT2D eigenvalue weighted by Crippen LogP contribution is -2.22. The van der Waals surface area contributed by atoms with E-state index in [1.165, 1.54) is 6.07 Å². The number of benzene rings is 1. The average molecular weight is 282 g/mol. The molecule has 0 aromatic heterocycles. The molecule has 2 rings (SSSR count). The molecule has 4 nitrogen and oxygen atoms in total. The normalized spacial score (nSPS) is 15.3. The van der Waals surface area contributed by atoms with E-state index < -0.39 is 11.7 Å². The first-order valence-corrected chi connectivity index (χ1v) is 5.90. The highest BCUT2D eigenvalue weighted by molar-refractivity contribution is 5.94. The van der Waals surface area contributed by atoms with Gasteiger partial charge in [-0.25, -0.2) is 0 Å². The van der Waals surface area contributed by atoms with Crippen LogP contribution in [0, 0.1) is 0 Å². The van der Waals surface area contributed by atoms with E-state index in [0.29, 0.717) is 12.0 Å². The first-order valence-electron chi connectivity index (χ1n) is 5.90. The van der Waals surface area contributed by atoms with E-state index in [0.717, 1.165) is 6.21 Å². The fourth-order valence-corrected chi connectivity index (χ4v) is 2.18. The van der Waals surface area contributed by atoms with Gasteiger partial charge in [-0.2, -0.15) is 18.3 Å². The zero-order valence-electron chi connectivity index (χ0n) is 10.5. The van der Waals surface area contributed by atoms with E-state index >= 15 is 0 Å². The van der Waals surface area contributed by atoms with Gasteiger partial charge in [-0.1, -0.05) is 24.3 Å². The summed E-state index contributed by atoms with van der Waals surface area (Å²) in [6, 6.07) is 6.47. The molecular formula is C13H13F3N4. The molecule has 0 radical (unpaired) electrons. The molecule has 0 atom stereocenters. The Balaban J connectivity index is 2.52. The lowest BCUT2D eigenvalue weighted by Gasteiger charge is -2.23. The zero-order valence-corrected chi connectivity index (χ0v) is 10.5. The summed E-state index contributed by atoms with van der Waals surface area (Å²) in [5.74, 6) is -0.299. The Morgan fingerprint density at radius 1 is 1.15 bits per heavy atom. The number of guanidine groups is 1. The zero-order chi connectivity index (χ0) is 14.8. The van der Waals surface area contributed by atoms with E-state index in [1.807, 2.05) is 0 Å². The smallest absolute Gasteiger partial charge is 0.369 e. The molecule has 1 aromatic carbocycles. The number of hydrogen-bond donors (Lipinski definition) is 2. The molecule has 1 aliphatic carbocycles. The van der Waals surface area contributed by atoms with Crippen LogP contribution in [0.3, 0.4) is 0 Å². The van der Waals surface area contributed by atoms with Crippen molar-refractivity contribution in [3.05, 3.63) is 41.0 Å². The quantitative estimate of drug-likeness (QED) is 0.495. The van der Waals surface area contributed by atoms with Gasteiger partial charge in [0.25, 0.3) is 0 Å². The second-order valence-electron chi connectivity index (χ2n) is 4.32. The summed E-state index contributed by atoms with van der Waals surface area (Å²) in [5, 5.41) is 6.82. The topological polar surface area (TPSA) is 76.8 Å². The Kier molecular flexibility index (Phi) is 3.78. The van der Waals surface area contributed by atoms with Crippen molar-refractivity contribution >= 4 is 17.7 Å². The van der Waals surface area contributed by atoms with Crippen molar-refractivity contribution in [1.29, 1.82) is 0 Å². The third-order valence-corrected chi connectivity index (χ3v) is 2.94. The number of rotatable bonds is 2. The number of aryl methyl sites for hydroxylation is 1. The predicted octanol–water partition coefficient (Wildman–Crippen LogP) is 2.21. The molecule has 0 saturated heterocycles. The van der Waals surface area contributed by atoms with Crippen LogP contribution in [0.25, 0.3) is 5.57 Å². The van der Waals surface area contributed by atoms with Crippen molar-refractivity contribution < 1.29 is 13.2 Å². The van der Waals surface area contributed by atoms with Gasteiger partial charge in [0.1, 0.15) is 0 Å². The molecule has 0 spiro atoms. The van der Waals surface area contributed by atoms with Crippen molar-refractivity contribution in [2.24, 2.45) is 21.7 Å². The molecule has 0 aliphatic heterocycles. The van der Waals surface area contributed by atoms with Gasteiger partial charge in [0.05, 0.1) is 11.8 Å². The molecule has 0 saturated carbocycles. The van der Waals surface area contributed by atoms with Gasteiger partial charge in [-0.3, -0.25) is 0 Å². The van der Waals surface area contributed by atoms with Gasteiger partial charge in [0.15, 0.2) is 0 Å². The standard InChI is InChI=1S/C13H13F3N4/c14-13(15,16)11-9(7-19-20-12(17)18)6-5-8-3-1-2-4-10(8)11/h1-4,7H,5-6H2,(H4,17,18,20)/b19-7+. The molecule has 0 bridgehead atoms. The van der Waals surface area contributed by atoms with E-state index in [-0.39, 0.29) is 23.5 Å². The van der Waals surface area contributed by atoms with Crippen LogP contribution in [0.5, 0.6) is 0 Å². The van der Waals surface area contributed by atoms with Crippen molar-refractivity contribution in [1.82, 2.24) is 0 Å². The van der Waals surface area contributed by atoms with E-state index in [1.54, 1.807) is 18.2 Å². The highest BCUT2D eigenvalue weighted by Crippen LogP contribution is 2.41. The van der Waals surface area contributed by atoms with Gasteiger partial charge in [-0.05, 0) is 29.5 Å². The van der Waals surface area contributed by atoms with E-state index in [2.05, 4.69) is 10.2 Å². The second kappa shape index (κ2) is 5.36. The van der Waals surface area contributed by atoms with Crippen molar-refractivity contribution in [2.75, 3.05) is 0 Å². The number of hydrogen-bond acceptors (Lipinski definition) is 2. The summed E-state index contributed by atoms with van der Waals surface area (Å²) in [4.78, 5) is 0. The molecule has 1 aromatic rings. The molecule has 7 heteroatoms. The summed E-state index contributed by atoms with van der Waals surface area (Å²) in [5.41, 5.74) is 10.4. The van der Waals surface area contributed by atoms with Crippen LogP contribution >= 0.6 is 0 Å². The van der Waals surface area contributed by atoms with Crippen molar-refractivity contribution in [3.63, 3.8) is 0 Å². The van der Waals surface area contributed by atoms with Gasteiger partial charge >= 0.3 is 6.18 Å². The summed E-state index contributed by atoms with van der Waals surface area (Å²) in [7, 11) is 0. The molecule has 106 valence electrons. The number of nitrogens with two attached hydrogens (primary N) is 2. The van der Waals surface area contributed by atoms with Crippen LogP contribution in [0.4, 0.5) is 13.2 Å². The van der Waals surface area contributed by atoms with Crippen molar-refractivity contribution in [2.45, 2.75) is 19.0 Å². The second-order valence-corrected chi connectivity index (χ2v) is 4.32. The minimum Gasteiger partial charge on any atom is -0.369 e. The van der Waals surface area contributed by atoms with Crippen LogP contribution in [0.1, 0.15) is 17.5 Å². The van der Waals surface area contributed by atoms with Crippen LogP contribution in [0.2, 0.25) is 0 Å². The molecule has 0 unspecified atom stereocenters. The average Bonchev–Trinajstić information content (AvgIpc) is 2.36. The van der Waals surface area contributed by atoms with Crippen molar-refractivity contribution in [3.8, 4) is 0 Å². The molecule has 0 amide bonds. The third-order valence-electron chi connectivity index (χ3n) is 2.94. The first-order chi connectivity index (χ1) is 9.39. The maximum absolute atomic E-state index is 13.3. The van der Waals surface area contributed by atoms with E-state index in [9.17, 15) is 13.2 Å².